The summed E-state index contributed by atoms with van der Waals surface area (Å²) < 4.78 is 5.93. The molecule has 78 valence electrons. The summed E-state index contributed by atoms with van der Waals surface area (Å²) in [6.07, 6.45) is 4.78. The van der Waals surface area contributed by atoms with Crippen LogP contribution in [0.5, 0.6) is 0 Å². The smallest absolute Gasteiger partial charge is 0.123 e. The summed E-state index contributed by atoms with van der Waals surface area (Å²) >= 11 is 0. The second-order valence-corrected chi connectivity index (χ2v) is 5.10. The second-order valence-electron chi connectivity index (χ2n) is 5.10. The monoisotopic (exact) mass is 192 g/mol. The third-order valence-corrected chi connectivity index (χ3v) is 3.49. The van der Waals surface area contributed by atoms with Crippen LogP contribution in [0.25, 0.3) is 0 Å². The minimum Gasteiger partial charge on any atom is -0.357 e. The first kappa shape index (κ1) is 9.97. The van der Waals surface area contributed by atoms with Crippen LogP contribution in [-0.4, -0.2) is 11.7 Å². The number of ether oxygens (including phenoxy) is 1. The van der Waals surface area contributed by atoms with Crippen molar-refractivity contribution in [2.24, 2.45) is 11.8 Å². The van der Waals surface area contributed by atoms with E-state index in [4.69, 9.17) is 4.74 Å². The van der Waals surface area contributed by atoms with E-state index >= 15 is 0 Å². The highest BCUT2D eigenvalue weighted by atomic mass is 16.6. The predicted octanol–water partition coefficient (Wildman–Crippen LogP) is 3.32. The zero-order valence-electron chi connectivity index (χ0n) is 9.79. The van der Waals surface area contributed by atoms with Gasteiger partial charge in [0.25, 0.3) is 0 Å². The number of fused-ring (bicyclic) bond motifs is 1. The van der Waals surface area contributed by atoms with Crippen molar-refractivity contribution in [1.29, 1.82) is 0 Å². The molecule has 0 aromatic rings. The van der Waals surface area contributed by atoms with E-state index in [-0.39, 0.29) is 5.60 Å². The quantitative estimate of drug-likeness (QED) is 0.611. The van der Waals surface area contributed by atoms with E-state index in [1.165, 1.54) is 11.1 Å². The normalized spacial score (nSPS) is 35.5. The lowest BCUT2D eigenvalue weighted by Gasteiger charge is -2.27. The van der Waals surface area contributed by atoms with Gasteiger partial charge in [-0.05, 0) is 29.9 Å². The number of rotatable bonds is 2. The van der Waals surface area contributed by atoms with Crippen LogP contribution in [0.4, 0.5) is 0 Å². The standard InChI is InChI=1S/C13H20O/c1-8(2)12-10(5)6-7-11-13(12,14-11)9(3)4/h6-9,11H,1-5H3. The van der Waals surface area contributed by atoms with Gasteiger partial charge in [-0.2, -0.15) is 0 Å². The first-order chi connectivity index (χ1) is 6.50. The fourth-order valence-corrected chi connectivity index (χ4v) is 2.89. The predicted molar refractivity (Wildman–Crippen MR) is 59.1 cm³/mol. The van der Waals surface area contributed by atoms with Gasteiger partial charge < -0.3 is 4.74 Å². The minimum atomic E-state index is 0.0486. The zero-order valence-corrected chi connectivity index (χ0v) is 9.79. The first-order valence-corrected chi connectivity index (χ1v) is 5.57. The van der Waals surface area contributed by atoms with Gasteiger partial charge in [0, 0.05) is 0 Å². The highest BCUT2D eigenvalue weighted by Crippen LogP contribution is 2.54. The van der Waals surface area contributed by atoms with Crippen LogP contribution in [0.2, 0.25) is 0 Å². The molecule has 0 aromatic heterocycles. The van der Waals surface area contributed by atoms with Crippen molar-refractivity contribution in [3.63, 3.8) is 0 Å². The maximum Gasteiger partial charge on any atom is 0.123 e. The Morgan fingerprint density at radius 1 is 1.29 bits per heavy atom. The maximum absolute atomic E-state index is 5.93. The second kappa shape index (κ2) is 2.96. The summed E-state index contributed by atoms with van der Waals surface area (Å²) in [5, 5.41) is 0. The Morgan fingerprint density at radius 3 is 2.36 bits per heavy atom. The van der Waals surface area contributed by atoms with E-state index in [9.17, 15) is 0 Å². The number of hydrogen-bond donors (Lipinski definition) is 0. The van der Waals surface area contributed by atoms with Gasteiger partial charge in [0.15, 0.2) is 0 Å². The van der Waals surface area contributed by atoms with Gasteiger partial charge in [0.05, 0.1) is 0 Å². The van der Waals surface area contributed by atoms with Gasteiger partial charge in [-0.1, -0.05) is 39.8 Å². The summed E-state index contributed by atoms with van der Waals surface area (Å²) in [7, 11) is 0. The van der Waals surface area contributed by atoms with Crippen molar-refractivity contribution in [3.8, 4) is 0 Å². The summed E-state index contributed by atoms with van der Waals surface area (Å²) in [5.41, 5.74) is 2.97. The lowest BCUT2D eigenvalue weighted by molar-refractivity contribution is 0.259. The Labute approximate surface area is 86.8 Å². The van der Waals surface area contributed by atoms with Gasteiger partial charge >= 0.3 is 0 Å². The summed E-state index contributed by atoms with van der Waals surface area (Å²) in [6.45, 7) is 11.2. The largest absolute Gasteiger partial charge is 0.357 e. The molecular weight excluding hydrogens is 172 g/mol. The Bertz CT molecular complexity index is 309. The molecule has 0 spiro atoms. The first-order valence-electron chi connectivity index (χ1n) is 5.57. The molecule has 0 bridgehead atoms. The fourth-order valence-electron chi connectivity index (χ4n) is 2.89. The highest BCUT2D eigenvalue weighted by molar-refractivity contribution is 5.45. The molecule has 1 aliphatic carbocycles. The molecule has 0 N–H and O–H groups in total. The average Bonchev–Trinajstić information content (AvgIpc) is 2.78. The van der Waals surface area contributed by atoms with E-state index in [0.717, 1.165) is 0 Å². The van der Waals surface area contributed by atoms with Gasteiger partial charge in [-0.3, -0.25) is 0 Å². The molecule has 0 aromatic carbocycles. The lowest BCUT2D eigenvalue weighted by Crippen LogP contribution is -2.30. The minimum absolute atomic E-state index is 0.0486. The molecule has 1 nitrogen and oxygen atoms in total. The van der Waals surface area contributed by atoms with Crippen LogP contribution in [-0.2, 0) is 4.74 Å². The third-order valence-electron chi connectivity index (χ3n) is 3.49. The van der Waals surface area contributed by atoms with Crippen LogP contribution in [0, 0.1) is 11.8 Å². The average molecular weight is 192 g/mol. The molecule has 0 saturated carbocycles. The van der Waals surface area contributed by atoms with E-state index < -0.39 is 0 Å². The number of hydrogen-bond acceptors (Lipinski definition) is 1. The fraction of sp³-hybridized carbons (Fsp3) is 0.692. The van der Waals surface area contributed by atoms with Crippen molar-refractivity contribution in [2.75, 3.05) is 0 Å². The van der Waals surface area contributed by atoms with Crippen molar-refractivity contribution < 1.29 is 4.74 Å². The molecule has 2 unspecified atom stereocenters. The zero-order chi connectivity index (χ0) is 10.5. The van der Waals surface area contributed by atoms with Crippen LogP contribution in [0.3, 0.4) is 0 Å². The molecule has 1 heterocycles. The van der Waals surface area contributed by atoms with Gasteiger partial charge in [-0.25, -0.2) is 0 Å². The molecule has 2 rings (SSSR count). The van der Waals surface area contributed by atoms with E-state index in [1.54, 1.807) is 0 Å². The number of epoxide rings is 1. The van der Waals surface area contributed by atoms with Crippen LogP contribution >= 0.6 is 0 Å². The highest BCUT2D eigenvalue weighted by Gasteiger charge is 2.61. The summed E-state index contributed by atoms with van der Waals surface area (Å²) in [6, 6.07) is 0. The SMILES string of the molecule is CC1=C(C(C)C)C2(C(C)C)OC2C=C1. The molecule has 2 atom stereocenters. The molecule has 2 aliphatic rings. The summed E-state index contributed by atoms with van der Waals surface area (Å²) in [4.78, 5) is 0. The molecule has 1 saturated heterocycles. The van der Waals surface area contributed by atoms with Gasteiger partial charge in [-0.15, -0.1) is 0 Å². The Hall–Kier alpha value is -0.560. The molecule has 0 radical (unpaired) electrons. The van der Waals surface area contributed by atoms with E-state index in [2.05, 4.69) is 46.8 Å². The molecular formula is C13H20O. The van der Waals surface area contributed by atoms with Gasteiger partial charge in [0.2, 0.25) is 0 Å². The lowest BCUT2D eigenvalue weighted by atomic mass is 9.75. The molecule has 1 fully saturated rings. The van der Waals surface area contributed by atoms with E-state index in [0.29, 0.717) is 17.9 Å². The van der Waals surface area contributed by atoms with E-state index in [1.807, 2.05) is 0 Å². The Balaban J connectivity index is 2.44. The van der Waals surface area contributed by atoms with Crippen LogP contribution < -0.4 is 0 Å². The number of allylic oxidation sites excluding steroid dienone is 2. The van der Waals surface area contributed by atoms with Crippen molar-refractivity contribution in [3.05, 3.63) is 23.3 Å². The topological polar surface area (TPSA) is 12.5 Å². The Kier molecular flexibility index (Phi) is 2.11. The molecule has 0 amide bonds. The van der Waals surface area contributed by atoms with Crippen molar-refractivity contribution in [1.82, 2.24) is 0 Å². The van der Waals surface area contributed by atoms with Crippen molar-refractivity contribution >= 4 is 0 Å². The summed E-state index contributed by atoms with van der Waals surface area (Å²) in [5.74, 6) is 1.16. The molecule has 1 aliphatic heterocycles. The van der Waals surface area contributed by atoms with Crippen LogP contribution in [0.15, 0.2) is 23.3 Å². The Morgan fingerprint density at radius 2 is 1.93 bits per heavy atom. The molecule has 14 heavy (non-hydrogen) atoms. The van der Waals surface area contributed by atoms with Gasteiger partial charge in [0.1, 0.15) is 11.7 Å². The third kappa shape index (κ3) is 1.12. The maximum atomic E-state index is 5.93. The molecule has 1 heteroatoms. The van der Waals surface area contributed by atoms with Crippen LogP contribution in [0.1, 0.15) is 34.6 Å². The van der Waals surface area contributed by atoms with Crippen molar-refractivity contribution in [2.45, 2.75) is 46.3 Å².